The van der Waals surface area contributed by atoms with Crippen molar-refractivity contribution in [2.24, 2.45) is 0 Å². The summed E-state index contributed by atoms with van der Waals surface area (Å²) >= 11 is 0. The molecule has 1 unspecified atom stereocenters. The summed E-state index contributed by atoms with van der Waals surface area (Å²) in [7, 11) is 0. The molecule has 3 rings (SSSR count). The summed E-state index contributed by atoms with van der Waals surface area (Å²) in [5, 5.41) is 9.51. The Labute approximate surface area is 122 Å². The third-order valence-electron chi connectivity index (χ3n) is 3.11. The van der Waals surface area contributed by atoms with Gasteiger partial charge in [-0.1, -0.05) is 42.5 Å². The molecule has 5 heteroatoms. The average molecular weight is 289 g/mol. The molecular formula is C15H13ClN2O2. The number of carboxylic acid groups (broad SMARTS) is 1. The lowest BCUT2D eigenvalue weighted by atomic mass is 10.1. The van der Waals surface area contributed by atoms with Gasteiger partial charge in [0.05, 0.1) is 17.4 Å². The normalized spacial score (nSPS) is 11.8. The maximum atomic E-state index is 11.6. The predicted octanol–water partition coefficient (Wildman–Crippen LogP) is 3.13. The average Bonchev–Trinajstić information content (AvgIpc) is 2.84. The van der Waals surface area contributed by atoms with E-state index in [2.05, 4.69) is 4.98 Å². The Hall–Kier alpha value is -2.33. The van der Waals surface area contributed by atoms with Gasteiger partial charge in [-0.2, -0.15) is 0 Å². The molecule has 0 radical (unpaired) electrons. The van der Waals surface area contributed by atoms with Gasteiger partial charge in [-0.3, -0.25) is 0 Å². The van der Waals surface area contributed by atoms with E-state index in [0.717, 1.165) is 16.6 Å². The highest BCUT2D eigenvalue weighted by Gasteiger charge is 2.23. The topological polar surface area (TPSA) is 55.1 Å². The van der Waals surface area contributed by atoms with Crippen LogP contribution in [0.15, 0.2) is 60.9 Å². The van der Waals surface area contributed by atoms with Crippen LogP contribution in [-0.2, 0) is 4.79 Å². The number of para-hydroxylation sites is 2. The molecule has 0 amide bonds. The summed E-state index contributed by atoms with van der Waals surface area (Å²) in [6, 6.07) is 15.9. The Morgan fingerprint density at radius 3 is 2.40 bits per heavy atom. The summed E-state index contributed by atoms with van der Waals surface area (Å²) in [5.74, 6) is -0.894. The minimum absolute atomic E-state index is 0. The van der Waals surface area contributed by atoms with Crippen molar-refractivity contribution in [1.82, 2.24) is 9.55 Å². The second-order valence-electron chi connectivity index (χ2n) is 4.29. The van der Waals surface area contributed by atoms with Crippen LogP contribution in [-0.4, -0.2) is 20.6 Å². The first kappa shape index (κ1) is 14.1. The van der Waals surface area contributed by atoms with Gasteiger partial charge in [-0.15, -0.1) is 12.4 Å². The molecular weight excluding hydrogens is 276 g/mol. The third kappa shape index (κ3) is 2.38. The van der Waals surface area contributed by atoms with E-state index in [1.54, 1.807) is 10.9 Å². The summed E-state index contributed by atoms with van der Waals surface area (Å²) in [4.78, 5) is 15.8. The van der Waals surface area contributed by atoms with Crippen molar-refractivity contribution in [2.75, 3.05) is 0 Å². The fraction of sp³-hybridized carbons (Fsp3) is 0.0667. The van der Waals surface area contributed by atoms with Crippen LogP contribution in [0.2, 0.25) is 0 Å². The number of halogens is 1. The number of carboxylic acids is 1. The number of benzene rings is 2. The quantitative estimate of drug-likeness (QED) is 0.805. The molecule has 102 valence electrons. The number of hydrogen-bond acceptors (Lipinski definition) is 2. The number of aliphatic carboxylic acids is 1. The Balaban J connectivity index is 0.00000147. The number of hydrogen-bond donors (Lipinski definition) is 1. The van der Waals surface area contributed by atoms with Gasteiger partial charge >= 0.3 is 5.97 Å². The largest absolute Gasteiger partial charge is 0.479 e. The first-order valence-corrected chi connectivity index (χ1v) is 5.96. The van der Waals surface area contributed by atoms with Crippen molar-refractivity contribution in [2.45, 2.75) is 6.04 Å². The van der Waals surface area contributed by atoms with E-state index < -0.39 is 12.0 Å². The summed E-state index contributed by atoms with van der Waals surface area (Å²) in [6.07, 6.45) is 1.58. The minimum Gasteiger partial charge on any atom is -0.479 e. The molecule has 1 atom stereocenters. The monoisotopic (exact) mass is 288 g/mol. The standard InChI is InChI=1S/C15H12N2O2.ClH/c18-15(19)14(11-6-2-1-3-7-11)17-10-16-12-8-4-5-9-13(12)17;/h1-10,14H,(H,18,19);1H. The Bertz CT molecular complexity index is 725. The first-order valence-electron chi connectivity index (χ1n) is 5.96. The molecule has 20 heavy (non-hydrogen) atoms. The van der Waals surface area contributed by atoms with E-state index >= 15 is 0 Å². The van der Waals surface area contributed by atoms with Gasteiger partial charge < -0.3 is 9.67 Å². The van der Waals surface area contributed by atoms with Crippen molar-refractivity contribution in [3.8, 4) is 0 Å². The van der Waals surface area contributed by atoms with Gasteiger partial charge in [0.25, 0.3) is 0 Å². The molecule has 2 aromatic carbocycles. The van der Waals surface area contributed by atoms with E-state index in [-0.39, 0.29) is 12.4 Å². The van der Waals surface area contributed by atoms with Gasteiger partial charge in [-0.25, -0.2) is 9.78 Å². The summed E-state index contributed by atoms with van der Waals surface area (Å²) in [5.41, 5.74) is 2.35. The second-order valence-corrected chi connectivity index (χ2v) is 4.29. The third-order valence-corrected chi connectivity index (χ3v) is 3.11. The van der Waals surface area contributed by atoms with E-state index in [0.29, 0.717) is 0 Å². The maximum absolute atomic E-state index is 11.6. The zero-order chi connectivity index (χ0) is 13.2. The number of aromatic nitrogens is 2. The zero-order valence-electron chi connectivity index (χ0n) is 10.5. The van der Waals surface area contributed by atoms with E-state index in [4.69, 9.17) is 0 Å². The van der Waals surface area contributed by atoms with Crippen LogP contribution in [0.1, 0.15) is 11.6 Å². The molecule has 1 heterocycles. The van der Waals surface area contributed by atoms with Crippen LogP contribution >= 0.6 is 12.4 Å². The lowest BCUT2D eigenvalue weighted by molar-refractivity contribution is -0.139. The van der Waals surface area contributed by atoms with E-state index in [1.165, 1.54) is 0 Å². The molecule has 0 aliphatic carbocycles. The highest BCUT2D eigenvalue weighted by atomic mass is 35.5. The van der Waals surface area contributed by atoms with Crippen LogP contribution in [0.3, 0.4) is 0 Å². The van der Waals surface area contributed by atoms with Crippen molar-refractivity contribution in [3.05, 3.63) is 66.5 Å². The van der Waals surface area contributed by atoms with Crippen molar-refractivity contribution < 1.29 is 9.90 Å². The molecule has 4 nitrogen and oxygen atoms in total. The molecule has 0 aliphatic rings. The van der Waals surface area contributed by atoms with Crippen molar-refractivity contribution in [1.29, 1.82) is 0 Å². The number of rotatable bonds is 3. The fourth-order valence-corrected chi connectivity index (χ4v) is 2.24. The molecule has 0 bridgehead atoms. The number of fused-ring (bicyclic) bond motifs is 1. The van der Waals surface area contributed by atoms with Gasteiger partial charge in [0.15, 0.2) is 6.04 Å². The van der Waals surface area contributed by atoms with Crippen LogP contribution in [0.4, 0.5) is 0 Å². The second kappa shape index (κ2) is 5.75. The first-order chi connectivity index (χ1) is 9.27. The molecule has 1 N–H and O–H groups in total. The maximum Gasteiger partial charge on any atom is 0.331 e. The Morgan fingerprint density at radius 2 is 1.70 bits per heavy atom. The fourth-order valence-electron chi connectivity index (χ4n) is 2.24. The summed E-state index contributed by atoms with van der Waals surface area (Å²) < 4.78 is 1.69. The van der Waals surface area contributed by atoms with Crippen LogP contribution < -0.4 is 0 Å². The number of carbonyl (C=O) groups is 1. The van der Waals surface area contributed by atoms with Gasteiger partial charge in [0.2, 0.25) is 0 Å². The molecule has 0 saturated heterocycles. The molecule has 1 aromatic heterocycles. The summed E-state index contributed by atoms with van der Waals surface area (Å²) in [6.45, 7) is 0. The molecule has 0 spiro atoms. The van der Waals surface area contributed by atoms with Crippen LogP contribution in [0, 0.1) is 0 Å². The Morgan fingerprint density at radius 1 is 1.05 bits per heavy atom. The highest BCUT2D eigenvalue weighted by molar-refractivity contribution is 5.85. The van der Waals surface area contributed by atoms with Crippen LogP contribution in [0.25, 0.3) is 11.0 Å². The van der Waals surface area contributed by atoms with E-state index in [9.17, 15) is 9.90 Å². The minimum atomic E-state index is -0.894. The number of nitrogens with zero attached hydrogens (tertiary/aromatic N) is 2. The number of imidazole rings is 1. The molecule has 0 fully saturated rings. The predicted molar refractivity (Wildman–Crippen MR) is 79.2 cm³/mol. The zero-order valence-corrected chi connectivity index (χ0v) is 11.3. The van der Waals surface area contributed by atoms with E-state index in [1.807, 2.05) is 54.6 Å². The molecule has 3 aromatic rings. The lowest BCUT2D eigenvalue weighted by Gasteiger charge is -2.15. The smallest absolute Gasteiger partial charge is 0.331 e. The highest BCUT2D eigenvalue weighted by Crippen LogP contribution is 2.23. The lowest BCUT2D eigenvalue weighted by Crippen LogP contribution is -2.19. The van der Waals surface area contributed by atoms with Crippen molar-refractivity contribution >= 4 is 29.4 Å². The van der Waals surface area contributed by atoms with Gasteiger partial charge in [0, 0.05) is 0 Å². The SMILES string of the molecule is Cl.O=C(O)C(c1ccccc1)n1cnc2ccccc21. The van der Waals surface area contributed by atoms with Crippen LogP contribution in [0.5, 0.6) is 0 Å². The molecule has 0 aliphatic heterocycles. The van der Waals surface area contributed by atoms with Crippen molar-refractivity contribution in [3.63, 3.8) is 0 Å². The van der Waals surface area contributed by atoms with Gasteiger partial charge in [-0.05, 0) is 17.7 Å². The molecule has 0 saturated carbocycles. The van der Waals surface area contributed by atoms with Gasteiger partial charge in [0.1, 0.15) is 0 Å². The Kier molecular flexibility index (Phi) is 4.05.